The number of aliphatic hydroxyl groups is 1. The van der Waals surface area contributed by atoms with Gasteiger partial charge in [0, 0.05) is 24.2 Å². The lowest BCUT2D eigenvalue weighted by atomic mass is 9.52. The zero-order chi connectivity index (χ0) is 18.2. The molecule has 7 nitrogen and oxygen atoms in total. The second-order valence-corrected chi connectivity index (χ2v) is 8.80. The number of nitrogens with zero attached hydrogens (tertiary/aromatic N) is 2. The Labute approximate surface area is 155 Å². The molecular formula is C20H22N4O3. The molecule has 0 spiro atoms. The van der Waals surface area contributed by atoms with Crippen LogP contribution in [-0.4, -0.2) is 31.9 Å². The summed E-state index contributed by atoms with van der Waals surface area (Å²) >= 11 is 0. The SMILES string of the molecule is O=c1[nH]nc(-c2cnc3c(c2NC2[C@@H]4CC5C[C@H]2CC(O)(C5)C4)C=CC3)o1. The number of fused-ring (bicyclic) bond motifs is 1. The summed E-state index contributed by atoms with van der Waals surface area (Å²) < 4.78 is 5.23. The van der Waals surface area contributed by atoms with Crippen molar-refractivity contribution in [3.05, 3.63) is 34.1 Å². The smallest absolute Gasteiger partial charge is 0.390 e. The van der Waals surface area contributed by atoms with Crippen molar-refractivity contribution in [3.8, 4) is 11.5 Å². The molecule has 4 saturated carbocycles. The molecule has 0 saturated heterocycles. The Balaban J connectivity index is 1.42. The van der Waals surface area contributed by atoms with Crippen LogP contribution in [0.1, 0.15) is 43.4 Å². The van der Waals surface area contributed by atoms with E-state index in [1.165, 1.54) is 12.8 Å². The third-order valence-electron chi connectivity index (χ3n) is 7.02. The Morgan fingerprint density at radius 1 is 1.26 bits per heavy atom. The Kier molecular flexibility index (Phi) is 3.08. The highest BCUT2D eigenvalue weighted by atomic mass is 16.4. The maximum absolute atomic E-state index is 11.5. The molecule has 7 rings (SSSR count). The fraction of sp³-hybridized carbons (Fsp3) is 0.550. The maximum Gasteiger partial charge on any atom is 0.434 e. The van der Waals surface area contributed by atoms with Crippen molar-refractivity contribution >= 4 is 11.8 Å². The molecule has 5 aliphatic rings. The molecule has 2 aromatic heterocycles. The Morgan fingerprint density at radius 2 is 2.07 bits per heavy atom. The zero-order valence-electron chi connectivity index (χ0n) is 14.9. The second kappa shape index (κ2) is 5.32. The fourth-order valence-electron chi connectivity index (χ4n) is 6.24. The van der Waals surface area contributed by atoms with E-state index in [0.29, 0.717) is 29.4 Å². The summed E-state index contributed by atoms with van der Waals surface area (Å²) in [6.45, 7) is 0. The van der Waals surface area contributed by atoms with E-state index in [1.807, 2.05) is 0 Å². The minimum atomic E-state index is -0.566. The van der Waals surface area contributed by atoms with Gasteiger partial charge in [0.15, 0.2) is 0 Å². The van der Waals surface area contributed by atoms with Crippen LogP contribution < -0.4 is 11.1 Å². The van der Waals surface area contributed by atoms with Gasteiger partial charge in [0.05, 0.1) is 22.5 Å². The monoisotopic (exact) mass is 366 g/mol. The van der Waals surface area contributed by atoms with Gasteiger partial charge >= 0.3 is 5.76 Å². The quantitative estimate of drug-likeness (QED) is 0.770. The van der Waals surface area contributed by atoms with Crippen molar-refractivity contribution in [3.63, 3.8) is 0 Å². The van der Waals surface area contributed by atoms with Gasteiger partial charge < -0.3 is 14.8 Å². The molecule has 7 heteroatoms. The summed E-state index contributed by atoms with van der Waals surface area (Å²) in [5.74, 6) is 1.32. The molecule has 27 heavy (non-hydrogen) atoms. The number of nitrogens with one attached hydrogen (secondary N) is 2. The molecule has 5 aliphatic carbocycles. The van der Waals surface area contributed by atoms with Crippen LogP contribution in [0, 0.1) is 17.8 Å². The summed E-state index contributed by atoms with van der Waals surface area (Å²) in [6, 6.07) is 0.326. The van der Waals surface area contributed by atoms with Crippen molar-refractivity contribution in [2.75, 3.05) is 5.32 Å². The molecular weight excluding hydrogens is 344 g/mol. The lowest BCUT2D eigenvalue weighted by Crippen LogP contribution is -2.59. The molecule has 140 valence electrons. The summed E-state index contributed by atoms with van der Waals surface area (Å²) in [7, 11) is 0. The second-order valence-electron chi connectivity index (χ2n) is 8.80. The van der Waals surface area contributed by atoms with Crippen molar-refractivity contribution in [2.45, 2.75) is 50.2 Å². The van der Waals surface area contributed by atoms with E-state index >= 15 is 0 Å². The first-order valence-electron chi connectivity index (χ1n) is 9.81. The predicted molar refractivity (Wildman–Crippen MR) is 99.0 cm³/mol. The predicted octanol–water partition coefficient (Wildman–Crippen LogP) is 2.35. The summed E-state index contributed by atoms with van der Waals surface area (Å²) in [4.78, 5) is 16.0. The zero-order valence-corrected chi connectivity index (χ0v) is 14.9. The van der Waals surface area contributed by atoms with Crippen LogP contribution in [-0.2, 0) is 6.42 Å². The van der Waals surface area contributed by atoms with Gasteiger partial charge in [-0.25, -0.2) is 9.89 Å². The molecule has 5 atom stereocenters. The van der Waals surface area contributed by atoms with Crippen molar-refractivity contribution in [1.29, 1.82) is 0 Å². The van der Waals surface area contributed by atoms with Gasteiger partial charge in [0.25, 0.3) is 5.89 Å². The van der Waals surface area contributed by atoms with E-state index < -0.39 is 11.4 Å². The van der Waals surface area contributed by atoms with Crippen LogP contribution in [0.15, 0.2) is 21.5 Å². The lowest BCUT2D eigenvalue weighted by molar-refractivity contribution is -0.129. The first kappa shape index (κ1) is 15.6. The number of anilines is 1. The van der Waals surface area contributed by atoms with E-state index in [0.717, 1.165) is 42.6 Å². The number of aromatic amines is 1. The van der Waals surface area contributed by atoms with E-state index in [9.17, 15) is 9.90 Å². The van der Waals surface area contributed by atoms with Gasteiger partial charge in [0.2, 0.25) is 0 Å². The number of aromatic nitrogens is 3. The summed E-state index contributed by atoms with van der Waals surface area (Å²) in [5, 5.41) is 21.0. The van der Waals surface area contributed by atoms with Gasteiger partial charge in [-0.1, -0.05) is 12.2 Å². The minimum Gasteiger partial charge on any atom is -0.390 e. The van der Waals surface area contributed by atoms with Gasteiger partial charge in [-0.05, 0) is 49.9 Å². The molecule has 2 aromatic rings. The molecule has 3 N–H and O–H groups in total. The third-order valence-corrected chi connectivity index (χ3v) is 7.02. The van der Waals surface area contributed by atoms with Gasteiger partial charge in [-0.15, -0.1) is 5.10 Å². The molecule has 0 amide bonds. The van der Waals surface area contributed by atoms with Crippen LogP contribution in [0.5, 0.6) is 0 Å². The average molecular weight is 366 g/mol. The lowest BCUT2D eigenvalue weighted by Gasteiger charge is -2.58. The van der Waals surface area contributed by atoms with Crippen LogP contribution >= 0.6 is 0 Å². The van der Waals surface area contributed by atoms with Gasteiger partial charge in [-0.2, -0.15) is 0 Å². The fourth-order valence-corrected chi connectivity index (χ4v) is 6.24. The first-order valence-corrected chi connectivity index (χ1v) is 9.81. The van der Waals surface area contributed by atoms with Gasteiger partial charge in [0.1, 0.15) is 0 Å². The highest BCUT2D eigenvalue weighted by Crippen LogP contribution is 2.56. The van der Waals surface area contributed by atoms with Crippen molar-refractivity contribution in [1.82, 2.24) is 15.2 Å². The van der Waals surface area contributed by atoms with E-state index in [4.69, 9.17) is 4.42 Å². The van der Waals surface area contributed by atoms with Gasteiger partial charge in [-0.3, -0.25) is 4.98 Å². The first-order chi connectivity index (χ1) is 13.1. The number of hydrogen-bond donors (Lipinski definition) is 3. The van der Waals surface area contributed by atoms with Crippen LogP contribution in [0.4, 0.5) is 5.69 Å². The number of H-pyrrole nitrogens is 1. The molecule has 4 fully saturated rings. The number of allylic oxidation sites excluding steroid dienone is 1. The van der Waals surface area contributed by atoms with Crippen LogP contribution in [0.25, 0.3) is 17.5 Å². The Bertz CT molecular complexity index is 991. The van der Waals surface area contributed by atoms with Crippen molar-refractivity contribution < 1.29 is 9.52 Å². The highest BCUT2D eigenvalue weighted by molar-refractivity contribution is 5.83. The maximum atomic E-state index is 11.5. The molecule has 2 heterocycles. The molecule has 3 unspecified atom stereocenters. The average Bonchev–Trinajstić information content (AvgIpc) is 3.25. The van der Waals surface area contributed by atoms with E-state index in [1.54, 1.807) is 6.20 Å². The summed E-state index contributed by atoms with van der Waals surface area (Å²) in [5.41, 5.74) is 3.30. The van der Waals surface area contributed by atoms with Crippen molar-refractivity contribution in [2.24, 2.45) is 17.8 Å². The molecule has 0 aliphatic heterocycles. The molecule has 4 bridgehead atoms. The normalized spacial score (nSPS) is 35.6. The topological polar surface area (TPSA) is 104 Å². The van der Waals surface area contributed by atoms with Crippen LogP contribution in [0.2, 0.25) is 0 Å². The standard InChI is InChI=1S/C20H22N4O3/c25-19-24-23-18(27-19)14-9-21-15-3-1-2-13(15)17(14)22-16-11-4-10-5-12(16)8-20(26,6-10)7-11/h1-2,9-12,16,26H,3-8H2,(H,21,22)(H,24,25)/t10?,11-,12+,16?,20?. The molecule has 0 radical (unpaired) electrons. The van der Waals surface area contributed by atoms with Crippen LogP contribution in [0.3, 0.4) is 0 Å². The summed E-state index contributed by atoms with van der Waals surface area (Å²) in [6.07, 6.45) is 11.9. The number of rotatable bonds is 3. The minimum absolute atomic E-state index is 0.264. The Morgan fingerprint density at radius 3 is 2.78 bits per heavy atom. The number of hydrogen-bond acceptors (Lipinski definition) is 6. The van der Waals surface area contributed by atoms with E-state index in [-0.39, 0.29) is 5.89 Å². The Hall–Kier alpha value is -2.41. The highest BCUT2D eigenvalue weighted by Gasteiger charge is 2.54. The number of pyridine rings is 1. The van der Waals surface area contributed by atoms with E-state index in [2.05, 4.69) is 32.7 Å². The molecule has 0 aromatic carbocycles. The largest absolute Gasteiger partial charge is 0.434 e. The third kappa shape index (κ3) is 2.34.